The SMILES string of the molecule is Cc1nc(C)c(C(=O)N2CCC3(CCC(=O)N(CC4CC4)C3)CC2)o1. The normalized spacial score (nSPS) is 23.4. The molecule has 0 bridgehead atoms. The molecule has 3 aliphatic rings. The summed E-state index contributed by atoms with van der Waals surface area (Å²) in [4.78, 5) is 33.1. The van der Waals surface area contributed by atoms with Crippen LogP contribution in [0.25, 0.3) is 0 Å². The fourth-order valence-electron chi connectivity index (χ4n) is 4.35. The van der Waals surface area contributed by atoms with Gasteiger partial charge in [0, 0.05) is 39.5 Å². The molecule has 3 heterocycles. The third-order valence-electron chi connectivity index (χ3n) is 6.13. The monoisotopic (exact) mass is 345 g/mol. The molecule has 0 aromatic carbocycles. The number of hydrogen-bond donors (Lipinski definition) is 0. The zero-order chi connectivity index (χ0) is 17.6. The molecule has 6 nitrogen and oxygen atoms in total. The number of hydrogen-bond acceptors (Lipinski definition) is 4. The van der Waals surface area contributed by atoms with Crippen molar-refractivity contribution < 1.29 is 14.0 Å². The second-order valence-corrected chi connectivity index (χ2v) is 8.16. The molecule has 2 aliphatic heterocycles. The molecular formula is C19H27N3O3. The maximum absolute atomic E-state index is 12.7. The van der Waals surface area contributed by atoms with Crippen LogP contribution < -0.4 is 0 Å². The molecule has 2 saturated heterocycles. The van der Waals surface area contributed by atoms with E-state index >= 15 is 0 Å². The fraction of sp³-hybridized carbons (Fsp3) is 0.737. The second-order valence-electron chi connectivity index (χ2n) is 8.16. The van der Waals surface area contributed by atoms with Crippen molar-refractivity contribution in [2.45, 2.75) is 52.4 Å². The molecule has 0 atom stereocenters. The van der Waals surface area contributed by atoms with Crippen LogP contribution >= 0.6 is 0 Å². The van der Waals surface area contributed by atoms with Crippen molar-refractivity contribution in [3.05, 3.63) is 17.3 Å². The number of carbonyl (C=O) groups is 2. The van der Waals surface area contributed by atoms with Crippen molar-refractivity contribution in [3.63, 3.8) is 0 Å². The van der Waals surface area contributed by atoms with Crippen LogP contribution in [0.5, 0.6) is 0 Å². The van der Waals surface area contributed by atoms with Crippen LogP contribution in [0.15, 0.2) is 4.42 Å². The molecule has 0 radical (unpaired) electrons. The van der Waals surface area contributed by atoms with Gasteiger partial charge in [0.15, 0.2) is 5.89 Å². The predicted octanol–water partition coefficient (Wildman–Crippen LogP) is 2.55. The molecule has 1 aromatic rings. The second kappa shape index (κ2) is 6.15. The first-order chi connectivity index (χ1) is 12.0. The largest absolute Gasteiger partial charge is 0.436 e. The minimum atomic E-state index is -0.0466. The number of oxazole rings is 1. The van der Waals surface area contributed by atoms with Crippen LogP contribution in [-0.4, -0.2) is 52.8 Å². The van der Waals surface area contributed by atoms with Gasteiger partial charge in [-0.05, 0) is 50.4 Å². The number of nitrogens with zero attached hydrogens (tertiary/aromatic N) is 3. The van der Waals surface area contributed by atoms with Crippen molar-refractivity contribution >= 4 is 11.8 Å². The van der Waals surface area contributed by atoms with Gasteiger partial charge in [0.2, 0.25) is 11.7 Å². The Morgan fingerprint density at radius 1 is 1.24 bits per heavy atom. The molecule has 2 amide bonds. The summed E-state index contributed by atoms with van der Waals surface area (Å²) in [6.45, 7) is 6.89. The van der Waals surface area contributed by atoms with Gasteiger partial charge in [-0.25, -0.2) is 4.98 Å². The smallest absolute Gasteiger partial charge is 0.291 e. The van der Waals surface area contributed by atoms with Gasteiger partial charge >= 0.3 is 0 Å². The van der Waals surface area contributed by atoms with Gasteiger partial charge in [0.1, 0.15) is 0 Å². The van der Waals surface area contributed by atoms with Gasteiger partial charge in [-0.3, -0.25) is 9.59 Å². The fourth-order valence-corrected chi connectivity index (χ4v) is 4.35. The summed E-state index contributed by atoms with van der Waals surface area (Å²) in [6, 6.07) is 0. The third-order valence-corrected chi connectivity index (χ3v) is 6.13. The summed E-state index contributed by atoms with van der Waals surface area (Å²) in [5.74, 6) is 1.93. The lowest BCUT2D eigenvalue weighted by molar-refractivity contribution is -0.139. The minimum Gasteiger partial charge on any atom is -0.436 e. The standard InChI is InChI=1S/C19H27N3O3/c1-13-17(25-14(2)20-13)18(24)21-9-7-19(8-10-21)6-5-16(23)22(12-19)11-15-3-4-15/h15H,3-12H2,1-2H3. The van der Waals surface area contributed by atoms with Gasteiger partial charge in [-0.15, -0.1) is 0 Å². The van der Waals surface area contributed by atoms with Crippen molar-refractivity contribution in [1.82, 2.24) is 14.8 Å². The van der Waals surface area contributed by atoms with E-state index in [4.69, 9.17) is 4.42 Å². The van der Waals surface area contributed by atoms with Gasteiger partial charge in [0.05, 0.1) is 5.69 Å². The van der Waals surface area contributed by atoms with Crippen molar-refractivity contribution in [2.24, 2.45) is 11.3 Å². The van der Waals surface area contributed by atoms with Crippen LogP contribution in [0.3, 0.4) is 0 Å². The number of amides is 2. The first kappa shape index (κ1) is 16.6. The van der Waals surface area contributed by atoms with E-state index in [1.165, 1.54) is 12.8 Å². The molecule has 25 heavy (non-hydrogen) atoms. The lowest BCUT2D eigenvalue weighted by atomic mass is 9.72. The lowest BCUT2D eigenvalue weighted by Crippen LogP contribution is -2.52. The Bertz CT molecular complexity index is 684. The van der Waals surface area contributed by atoms with Gasteiger partial charge in [-0.2, -0.15) is 0 Å². The van der Waals surface area contributed by atoms with E-state index in [0.717, 1.165) is 51.4 Å². The summed E-state index contributed by atoms with van der Waals surface area (Å²) in [6.07, 6.45) is 6.12. The number of aromatic nitrogens is 1. The molecule has 1 saturated carbocycles. The maximum Gasteiger partial charge on any atom is 0.291 e. The van der Waals surface area contributed by atoms with Crippen LogP contribution in [0, 0.1) is 25.2 Å². The first-order valence-electron chi connectivity index (χ1n) is 9.47. The molecule has 1 aliphatic carbocycles. The summed E-state index contributed by atoms with van der Waals surface area (Å²) >= 11 is 0. The van der Waals surface area contributed by atoms with E-state index in [1.807, 2.05) is 11.8 Å². The van der Waals surface area contributed by atoms with Crippen LogP contribution in [0.4, 0.5) is 0 Å². The number of piperidine rings is 2. The quantitative estimate of drug-likeness (QED) is 0.844. The number of aryl methyl sites for hydroxylation is 2. The molecule has 4 rings (SSSR count). The Morgan fingerprint density at radius 3 is 2.56 bits per heavy atom. The maximum atomic E-state index is 12.7. The van der Waals surface area contributed by atoms with Crippen molar-refractivity contribution in [1.29, 1.82) is 0 Å². The summed E-state index contributed by atoms with van der Waals surface area (Å²) in [7, 11) is 0. The summed E-state index contributed by atoms with van der Waals surface area (Å²) in [5, 5.41) is 0. The molecule has 136 valence electrons. The Hall–Kier alpha value is -1.85. The Morgan fingerprint density at radius 2 is 1.96 bits per heavy atom. The lowest BCUT2D eigenvalue weighted by Gasteiger charge is -2.47. The Balaban J connectivity index is 1.39. The minimum absolute atomic E-state index is 0.0466. The highest BCUT2D eigenvalue weighted by Crippen LogP contribution is 2.42. The highest BCUT2D eigenvalue weighted by atomic mass is 16.4. The molecule has 1 spiro atoms. The van der Waals surface area contributed by atoms with Crippen LogP contribution in [0.2, 0.25) is 0 Å². The Labute approximate surface area is 148 Å². The van der Waals surface area contributed by atoms with Crippen LogP contribution in [-0.2, 0) is 4.79 Å². The van der Waals surface area contributed by atoms with E-state index in [-0.39, 0.29) is 11.3 Å². The van der Waals surface area contributed by atoms with E-state index in [2.05, 4.69) is 9.88 Å². The number of rotatable bonds is 3. The summed E-state index contributed by atoms with van der Waals surface area (Å²) < 4.78 is 5.49. The number of likely N-dealkylation sites (tertiary alicyclic amines) is 2. The molecule has 0 unspecified atom stereocenters. The highest BCUT2D eigenvalue weighted by molar-refractivity contribution is 5.92. The molecule has 0 N–H and O–H groups in total. The van der Waals surface area contributed by atoms with Crippen LogP contribution in [0.1, 0.15) is 60.7 Å². The average Bonchev–Trinajstić information content (AvgIpc) is 3.34. The molecular weight excluding hydrogens is 318 g/mol. The van der Waals surface area contributed by atoms with E-state index in [0.29, 0.717) is 29.7 Å². The van der Waals surface area contributed by atoms with E-state index < -0.39 is 0 Å². The van der Waals surface area contributed by atoms with Crippen molar-refractivity contribution in [2.75, 3.05) is 26.2 Å². The summed E-state index contributed by atoms with van der Waals surface area (Å²) in [5.41, 5.74) is 0.869. The third kappa shape index (κ3) is 3.31. The molecule has 1 aromatic heterocycles. The Kier molecular flexibility index (Phi) is 4.08. The topological polar surface area (TPSA) is 66.7 Å². The zero-order valence-electron chi connectivity index (χ0n) is 15.2. The van der Waals surface area contributed by atoms with Gasteiger partial charge in [-0.1, -0.05) is 0 Å². The average molecular weight is 345 g/mol. The highest BCUT2D eigenvalue weighted by Gasteiger charge is 2.43. The van der Waals surface area contributed by atoms with Gasteiger partial charge in [0.25, 0.3) is 5.91 Å². The van der Waals surface area contributed by atoms with Gasteiger partial charge < -0.3 is 14.2 Å². The van der Waals surface area contributed by atoms with Crippen molar-refractivity contribution in [3.8, 4) is 0 Å². The predicted molar refractivity (Wildman–Crippen MR) is 92.1 cm³/mol. The first-order valence-corrected chi connectivity index (χ1v) is 9.47. The molecule has 3 fully saturated rings. The van der Waals surface area contributed by atoms with E-state index in [1.54, 1.807) is 6.92 Å². The van der Waals surface area contributed by atoms with E-state index in [9.17, 15) is 9.59 Å². The number of carbonyl (C=O) groups excluding carboxylic acids is 2. The molecule has 6 heteroatoms. The zero-order valence-corrected chi connectivity index (χ0v) is 15.2.